The molecule has 2 fully saturated rings. The average Bonchev–Trinajstić information content (AvgIpc) is 2.73. The van der Waals surface area contributed by atoms with Crippen molar-refractivity contribution in [3.63, 3.8) is 0 Å². The van der Waals surface area contributed by atoms with Gasteiger partial charge in [-0.2, -0.15) is 0 Å². The van der Waals surface area contributed by atoms with Crippen LogP contribution >= 0.6 is 12.2 Å². The van der Waals surface area contributed by atoms with Gasteiger partial charge in [-0.3, -0.25) is 14.7 Å². The molecule has 0 N–H and O–H groups in total. The SMILES string of the molecule is CN1C(=S)N(C2CCCCC2)C(=O)/C1=C\c1ccncc1. The van der Waals surface area contributed by atoms with Gasteiger partial charge in [-0.1, -0.05) is 19.3 Å². The quantitative estimate of drug-likeness (QED) is 0.622. The summed E-state index contributed by atoms with van der Waals surface area (Å²) in [6.07, 6.45) is 11.1. The van der Waals surface area contributed by atoms with Gasteiger partial charge in [0.25, 0.3) is 5.91 Å². The molecular weight excluding hydrogens is 282 g/mol. The Labute approximate surface area is 130 Å². The average molecular weight is 301 g/mol. The zero-order valence-corrected chi connectivity index (χ0v) is 13.0. The van der Waals surface area contributed by atoms with Crippen LogP contribution in [0, 0.1) is 0 Å². The predicted molar refractivity (Wildman–Crippen MR) is 86.3 cm³/mol. The fraction of sp³-hybridized carbons (Fsp3) is 0.438. The molecular formula is C16H19N3OS. The molecule has 21 heavy (non-hydrogen) atoms. The van der Waals surface area contributed by atoms with E-state index in [4.69, 9.17) is 12.2 Å². The van der Waals surface area contributed by atoms with Crippen molar-refractivity contribution in [1.82, 2.24) is 14.8 Å². The number of rotatable bonds is 2. The van der Waals surface area contributed by atoms with E-state index in [0.717, 1.165) is 18.4 Å². The Hall–Kier alpha value is -1.75. The summed E-state index contributed by atoms with van der Waals surface area (Å²) < 4.78 is 0. The van der Waals surface area contributed by atoms with Crippen LogP contribution in [0.1, 0.15) is 37.7 Å². The van der Waals surface area contributed by atoms with Crippen LogP contribution < -0.4 is 0 Å². The van der Waals surface area contributed by atoms with Crippen LogP contribution in [0.2, 0.25) is 0 Å². The lowest BCUT2D eigenvalue weighted by Gasteiger charge is -2.30. The summed E-state index contributed by atoms with van der Waals surface area (Å²) in [6, 6.07) is 4.05. The summed E-state index contributed by atoms with van der Waals surface area (Å²) in [5, 5.41) is 0.632. The lowest BCUT2D eigenvalue weighted by atomic mass is 9.94. The third-order valence-corrected chi connectivity index (χ3v) is 4.71. The fourth-order valence-corrected chi connectivity index (χ4v) is 3.39. The second kappa shape index (κ2) is 5.93. The molecule has 0 radical (unpaired) electrons. The second-order valence-corrected chi connectivity index (χ2v) is 5.98. The van der Waals surface area contributed by atoms with E-state index in [-0.39, 0.29) is 11.9 Å². The van der Waals surface area contributed by atoms with Crippen LogP contribution in [0.3, 0.4) is 0 Å². The van der Waals surface area contributed by atoms with Gasteiger partial charge in [0.2, 0.25) is 0 Å². The van der Waals surface area contributed by atoms with E-state index in [0.29, 0.717) is 10.8 Å². The number of hydrogen-bond acceptors (Lipinski definition) is 3. The van der Waals surface area contributed by atoms with Crippen LogP contribution in [0.4, 0.5) is 0 Å². The summed E-state index contributed by atoms with van der Waals surface area (Å²) >= 11 is 5.49. The molecule has 1 aromatic heterocycles. The van der Waals surface area contributed by atoms with Crippen molar-refractivity contribution in [3.8, 4) is 0 Å². The number of nitrogens with zero attached hydrogens (tertiary/aromatic N) is 3. The number of carbonyl (C=O) groups excluding carboxylic acids is 1. The Morgan fingerprint density at radius 1 is 1.24 bits per heavy atom. The highest BCUT2D eigenvalue weighted by Gasteiger charge is 2.40. The van der Waals surface area contributed by atoms with Gasteiger partial charge in [-0.15, -0.1) is 0 Å². The highest BCUT2D eigenvalue weighted by Crippen LogP contribution is 2.30. The number of pyridine rings is 1. The number of thiocarbonyl (C=S) groups is 1. The van der Waals surface area contributed by atoms with E-state index < -0.39 is 0 Å². The summed E-state index contributed by atoms with van der Waals surface area (Å²) in [5.74, 6) is 0.0335. The van der Waals surface area contributed by atoms with Crippen molar-refractivity contribution in [1.29, 1.82) is 0 Å². The molecule has 3 rings (SSSR count). The lowest BCUT2D eigenvalue weighted by Crippen LogP contribution is -2.41. The van der Waals surface area contributed by atoms with Gasteiger partial charge >= 0.3 is 0 Å². The molecule has 0 spiro atoms. The standard InChI is InChI=1S/C16H19N3OS/c1-18-14(11-12-7-9-17-10-8-12)15(20)19(16(18)21)13-5-3-2-4-6-13/h7-11,13H,2-6H2,1H3/b14-11+. The van der Waals surface area contributed by atoms with Gasteiger partial charge in [-0.25, -0.2) is 0 Å². The highest BCUT2D eigenvalue weighted by atomic mass is 32.1. The molecule has 1 aliphatic carbocycles. The molecule has 0 aromatic carbocycles. The molecule has 1 aromatic rings. The third-order valence-electron chi connectivity index (χ3n) is 4.24. The summed E-state index contributed by atoms with van der Waals surface area (Å²) in [7, 11) is 1.87. The summed E-state index contributed by atoms with van der Waals surface area (Å²) in [6.45, 7) is 0. The summed E-state index contributed by atoms with van der Waals surface area (Å²) in [4.78, 5) is 20.4. The second-order valence-electron chi connectivity index (χ2n) is 5.62. The normalized spacial score (nSPS) is 22.4. The molecule has 0 unspecified atom stereocenters. The first kappa shape index (κ1) is 14.2. The first-order valence-corrected chi connectivity index (χ1v) is 7.82. The van der Waals surface area contributed by atoms with Gasteiger partial charge in [0.15, 0.2) is 5.11 Å². The van der Waals surface area contributed by atoms with Crippen LogP contribution in [0.15, 0.2) is 30.2 Å². The molecule has 110 valence electrons. The molecule has 2 heterocycles. The Balaban J connectivity index is 1.88. The van der Waals surface area contributed by atoms with E-state index in [9.17, 15) is 4.79 Å². The molecule has 5 heteroatoms. The minimum absolute atomic E-state index is 0.0335. The van der Waals surface area contributed by atoms with Crippen molar-refractivity contribution in [2.75, 3.05) is 7.05 Å². The zero-order valence-electron chi connectivity index (χ0n) is 12.2. The van der Waals surface area contributed by atoms with E-state index in [2.05, 4.69) is 4.98 Å². The Kier molecular flexibility index (Phi) is 4.01. The predicted octanol–water partition coefficient (Wildman–Crippen LogP) is 2.81. The summed E-state index contributed by atoms with van der Waals surface area (Å²) in [5.41, 5.74) is 1.62. The van der Waals surface area contributed by atoms with Gasteiger partial charge in [0.05, 0.1) is 0 Å². The van der Waals surface area contributed by atoms with Crippen LogP contribution in [0.5, 0.6) is 0 Å². The van der Waals surface area contributed by atoms with Crippen molar-refractivity contribution in [2.45, 2.75) is 38.1 Å². The van der Waals surface area contributed by atoms with Crippen LogP contribution in [-0.2, 0) is 4.79 Å². The third kappa shape index (κ3) is 2.70. The molecule has 4 nitrogen and oxygen atoms in total. The molecule has 0 bridgehead atoms. The molecule has 1 amide bonds. The van der Waals surface area contributed by atoms with Crippen molar-refractivity contribution < 1.29 is 4.79 Å². The first-order valence-electron chi connectivity index (χ1n) is 7.41. The Morgan fingerprint density at radius 3 is 2.57 bits per heavy atom. The van der Waals surface area contributed by atoms with Crippen LogP contribution in [0.25, 0.3) is 6.08 Å². The Morgan fingerprint density at radius 2 is 1.90 bits per heavy atom. The maximum absolute atomic E-state index is 12.7. The minimum Gasteiger partial charge on any atom is -0.317 e. The van der Waals surface area contributed by atoms with Crippen molar-refractivity contribution in [3.05, 3.63) is 35.8 Å². The van der Waals surface area contributed by atoms with Crippen molar-refractivity contribution in [2.24, 2.45) is 0 Å². The van der Waals surface area contributed by atoms with E-state index in [1.54, 1.807) is 12.4 Å². The van der Waals surface area contributed by atoms with Crippen LogP contribution in [-0.4, -0.2) is 38.9 Å². The maximum Gasteiger partial charge on any atom is 0.277 e. The Bertz CT molecular complexity index is 578. The van der Waals surface area contributed by atoms with Gasteiger partial charge in [0, 0.05) is 25.5 Å². The fourth-order valence-electron chi connectivity index (χ4n) is 3.06. The molecule has 2 aliphatic rings. The topological polar surface area (TPSA) is 36.4 Å². The van der Waals surface area contributed by atoms with E-state index >= 15 is 0 Å². The molecule has 0 atom stereocenters. The first-order chi connectivity index (χ1) is 10.2. The lowest BCUT2D eigenvalue weighted by molar-refractivity contribution is -0.124. The monoisotopic (exact) mass is 301 g/mol. The van der Waals surface area contributed by atoms with E-state index in [1.807, 2.05) is 35.1 Å². The largest absolute Gasteiger partial charge is 0.317 e. The smallest absolute Gasteiger partial charge is 0.277 e. The number of likely N-dealkylation sites (N-methyl/N-ethyl adjacent to an activating group) is 1. The molecule has 1 saturated carbocycles. The maximum atomic E-state index is 12.7. The van der Waals surface area contributed by atoms with Gasteiger partial charge in [-0.05, 0) is 48.8 Å². The number of amides is 1. The van der Waals surface area contributed by atoms with Gasteiger partial charge < -0.3 is 4.90 Å². The molecule has 1 aliphatic heterocycles. The number of hydrogen-bond donors (Lipinski definition) is 0. The zero-order chi connectivity index (χ0) is 14.8. The van der Waals surface area contributed by atoms with Gasteiger partial charge in [0.1, 0.15) is 5.70 Å². The molecule has 1 saturated heterocycles. The minimum atomic E-state index is 0.0335. The highest BCUT2D eigenvalue weighted by molar-refractivity contribution is 7.80. The van der Waals surface area contributed by atoms with Crippen molar-refractivity contribution >= 4 is 29.3 Å². The van der Waals surface area contributed by atoms with E-state index in [1.165, 1.54) is 19.3 Å². The number of aromatic nitrogens is 1. The number of carbonyl (C=O) groups is 1.